The van der Waals surface area contributed by atoms with Gasteiger partial charge in [0.15, 0.2) is 5.76 Å². The van der Waals surface area contributed by atoms with Crippen LogP contribution in [0.5, 0.6) is 0 Å². The molecule has 0 spiro atoms. The molecule has 0 aliphatic rings. The third-order valence-electron chi connectivity index (χ3n) is 4.74. The minimum atomic E-state index is -0.681. The zero-order valence-corrected chi connectivity index (χ0v) is 19.4. The average Bonchev–Trinajstić information content (AvgIpc) is 3.33. The van der Waals surface area contributed by atoms with Crippen molar-refractivity contribution in [3.05, 3.63) is 47.7 Å². The number of hydrogen-bond donors (Lipinski definition) is 1. The number of tetrazole rings is 1. The monoisotopic (exact) mass is 438 g/mol. The maximum absolute atomic E-state index is 13.4. The van der Waals surface area contributed by atoms with E-state index in [0.29, 0.717) is 23.7 Å². The zero-order valence-electron chi connectivity index (χ0n) is 19.4. The van der Waals surface area contributed by atoms with Crippen LogP contribution in [0.3, 0.4) is 0 Å². The highest BCUT2D eigenvalue weighted by atomic mass is 16.3. The lowest BCUT2D eigenvalue weighted by Gasteiger charge is -2.33. The summed E-state index contributed by atoms with van der Waals surface area (Å²) >= 11 is 0. The molecule has 2 heterocycles. The fourth-order valence-electron chi connectivity index (χ4n) is 3.37. The van der Waals surface area contributed by atoms with Gasteiger partial charge in [0.05, 0.1) is 0 Å². The normalized spacial score (nSPS) is 12.4. The van der Waals surface area contributed by atoms with Crippen LogP contribution in [0.2, 0.25) is 0 Å². The van der Waals surface area contributed by atoms with E-state index >= 15 is 0 Å². The second-order valence-electron chi connectivity index (χ2n) is 8.82. The molecule has 0 bridgehead atoms. The summed E-state index contributed by atoms with van der Waals surface area (Å²) in [4.78, 5) is 29.2. The summed E-state index contributed by atoms with van der Waals surface area (Å²) in [6, 6.07) is 10.4. The number of aryl methyl sites for hydroxylation is 2. The number of benzene rings is 1. The summed E-state index contributed by atoms with van der Waals surface area (Å²) in [5.41, 5.74) is 1.21. The molecule has 0 radical (unpaired) electrons. The van der Waals surface area contributed by atoms with E-state index in [9.17, 15) is 9.59 Å². The molecule has 170 valence electrons. The molecule has 0 saturated heterocycles. The van der Waals surface area contributed by atoms with Crippen LogP contribution in [0, 0.1) is 13.8 Å². The predicted molar refractivity (Wildman–Crippen MR) is 121 cm³/mol. The first-order valence-corrected chi connectivity index (χ1v) is 10.6. The highest BCUT2D eigenvalue weighted by Gasteiger charge is 2.32. The van der Waals surface area contributed by atoms with Crippen molar-refractivity contribution in [3.63, 3.8) is 0 Å². The van der Waals surface area contributed by atoms with Gasteiger partial charge in [-0.25, -0.2) is 0 Å². The Hall–Kier alpha value is -3.49. The van der Waals surface area contributed by atoms with Crippen LogP contribution >= 0.6 is 0 Å². The number of hydrogen-bond acceptors (Lipinski definition) is 6. The van der Waals surface area contributed by atoms with Gasteiger partial charge in [0.1, 0.15) is 18.3 Å². The number of rotatable bonds is 7. The maximum Gasteiger partial charge on any atom is 0.251 e. The molecule has 0 fully saturated rings. The van der Waals surface area contributed by atoms with Gasteiger partial charge < -0.3 is 9.73 Å². The van der Waals surface area contributed by atoms with Crippen LogP contribution in [0.4, 0.5) is 5.69 Å². The molecule has 1 aromatic carbocycles. The molecule has 9 nitrogen and oxygen atoms in total. The van der Waals surface area contributed by atoms with Crippen molar-refractivity contribution in [1.82, 2.24) is 25.5 Å². The van der Waals surface area contributed by atoms with Crippen LogP contribution in [0.1, 0.15) is 45.4 Å². The maximum atomic E-state index is 13.4. The second-order valence-corrected chi connectivity index (χ2v) is 8.82. The van der Waals surface area contributed by atoms with E-state index < -0.39 is 11.6 Å². The third-order valence-corrected chi connectivity index (χ3v) is 4.74. The fraction of sp³-hybridized carbons (Fsp3) is 0.435. The summed E-state index contributed by atoms with van der Waals surface area (Å²) in [5.74, 6) is 0.978. The molecule has 9 heteroatoms. The van der Waals surface area contributed by atoms with Crippen LogP contribution in [0.15, 0.2) is 40.8 Å². The Balaban J connectivity index is 1.90. The van der Waals surface area contributed by atoms with Crippen molar-refractivity contribution < 1.29 is 14.0 Å². The molecule has 0 unspecified atom stereocenters. The molecule has 1 N–H and O–H groups in total. The quantitative estimate of drug-likeness (QED) is 0.607. The second kappa shape index (κ2) is 9.33. The van der Waals surface area contributed by atoms with Crippen molar-refractivity contribution in [2.75, 3.05) is 4.90 Å². The summed E-state index contributed by atoms with van der Waals surface area (Å²) < 4.78 is 5.52. The first-order chi connectivity index (χ1) is 15.1. The molecule has 0 aliphatic carbocycles. The lowest BCUT2D eigenvalue weighted by Crippen LogP contribution is -2.54. The summed E-state index contributed by atoms with van der Waals surface area (Å²) in [6.45, 7) is 11.2. The van der Waals surface area contributed by atoms with Crippen molar-refractivity contribution in [2.24, 2.45) is 0 Å². The van der Waals surface area contributed by atoms with Gasteiger partial charge in [-0.2, -0.15) is 4.80 Å². The van der Waals surface area contributed by atoms with Gasteiger partial charge in [-0.05, 0) is 76.1 Å². The number of anilines is 1. The Morgan fingerprint density at radius 2 is 1.94 bits per heavy atom. The fourth-order valence-corrected chi connectivity index (χ4v) is 3.37. The molecule has 32 heavy (non-hydrogen) atoms. The van der Waals surface area contributed by atoms with Crippen LogP contribution < -0.4 is 10.2 Å². The summed E-state index contributed by atoms with van der Waals surface area (Å²) in [5, 5.41) is 15.2. The Morgan fingerprint density at radius 1 is 1.19 bits per heavy atom. The van der Waals surface area contributed by atoms with Gasteiger partial charge in [0.25, 0.3) is 5.91 Å². The van der Waals surface area contributed by atoms with E-state index in [4.69, 9.17) is 4.42 Å². The topological polar surface area (TPSA) is 106 Å². The van der Waals surface area contributed by atoms with Crippen molar-refractivity contribution in [3.8, 4) is 11.6 Å². The highest BCUT2D eigenvalue weighted by Crippen LogP contribution is 2.22. The molecule has 0 saturated carbocycles. The van der Waals surface area contributed by atoms with Gasteiger partial charge in [-0.15, -0.1) is 10.2 Å². The molecule has 2 aromatic heterocycles. The van der Waals surface area contributed by atoms with Gasteiger partial charge in [-0.3, -0.25) is 14.5 Å². The highest BCUT2D eigenvalue weighted by molar-refractivity contribution is 6.00. The van der Waals surface area contributed by atoms with E-state index in [2.05, 4.69) is 20.7 Å². The molecule has 0 aliphatic heterocycles. The molecule has 3 aromatic rings. The molecule has 2 amide bonds. The number of furan rings is 1. The first kappa shape index (κ1) is 23.2. The van der Waals surface area contributed by atoms with Crippen molar-refractivity contribution in [1.29, 1.82) is 0 Å². The van der Waals surface area contributed by atoms with Crippen LogP contribution in [-0.4, -0.2) is 43.6 Å². The average molecular weight is 439 g/mol. The van der Waals surface area contributed by atoms with E-state index in [1.54, 1.807) is 12.1 Å². The summed E-state index contributed by atoms with van der Waals surface area (Å²) in [6.07, 6.45) is 0.448. The van der Waals surface area contributed by atoms with Crippen LogP contribution in [0.25, 0.3) is 11.6 Å². The zero-order chi connectivity index (χ0) is 23.5. The van der Waals surface area contributed by atoms with Gasteiger partial charge >= 0.3 is 0 Å². The standard InChI is InChI=1S/C23H30N6O3/c1-7-18(22(31)24-23(4,5)6)29(17-10-8-9-15(2)13-17)20(30)14-28-26-21(25-27-28)19-12-11-16(3)32-19/h8-13,18H,7,14H2,1-6H3,(H,24,31)/t18-/m1/s1. The van der Waals surface area contributed by atoms with Gasteiger partial charge in [0.2, 0.25) is 11.7 Å². The van der Waals surface area contributed by atoms with Gasteiger partial charge in [0, 0.05) is 11.2 Å². The number of carbonyl (C=O) groups excluding carboxylic acids is 2. The van der Waals surface area contributed by atoms with E-state index in [1.807, 2.05) is 65.8 Å². The number of amides is 2. The largest absolute Gasteiger partial charge is 0.458 e. The Kier molecular flexibility index (Phi) is 6.76. The first-order valence-electron chi connectivity index (χ1n) is 10.6. The summed E-state index contributed by atoms with van der Waals surface area (Å²) in [7, 11) is 0. The van der Waals surface area contributed by atoms with Crippen LogP contribution in [-0.2, 0) is 16.1 Å². The lowest BCUT2D eigenvalue weighted by molar-refractivity contribution is -0.128. The molecular formula is C23H30N6O3. The van der Waals surface area contributed by atoms with E-state index in [0.717, 1.165) is 11.3 Å². The van der Waals surface area contributed by atoms with Gasteiger partial charge in [-0.1, -0.05) is 19.1 Å². The number of carbonyl (C=O) groups is 2. The number of aromatic nitrogens is 4. The van der Waals surface area contributed by atoms with E-state index in [-0.39, 0.29) is 18.4 Å². The van der Waals surface area contributed by atoms with Crippen molar-refractivity contribution >= 4 is 17.5 Å². The Morgan fingerprint density at radius 3 is 2.53 bits per heavy atom. The Labute approximate surface area is 187 Å². The smallest absolute Gasteiger partial charge is 0.251 e. The molecular weight excluding hydrogens is 408 g/mol. The van der Waals surface area contributed by atoms with Crippen molar-refractivity contribution in [2.45, 2.75) is 66.1 Å². The third kappa shape index (κ3) is 5.60. The predicted octanol–water partition coefficient (Wildman–Crippen LogP) is 3.28. The minimum Gasteiger partial charge on any atom is -0.458 e. The molecule has 1 atom stereocenters. The number of nitrogens with one attached hydrogen (secondary N) is 1. The minimum absolute atomic E-state index is 0.167. The SMILES string of the molecule is CC[C@H](C(=O)NC(C)(C)C)N(C(=O)Cn1nnc(-c2ccc(C)o2)n1)c1cccc(C)c1. The lowest BCUT2D eigenvalue weighted by atomic mass is 10.1. The van der Waals surface area contributed by atoms with E-state index in [1.165, 1.54) is 9.70 Å². The number of nitrogens with zero attached hydrogens (tertiary/aromatic N) is 5. The molecule has 3 rings (SSSR count). The Bertz CT molecular complexity index is 1100.